The maximum atomic E-state index is 12.9. The van der Waals surface area contributed by atoms with Crippen LogP contribution < -0.4 is 15.2 Å². The Morgan fingerprint density at radius 3 is 2.47 bits per heavy atom. The van der Waals surface area contributed by atoms with Crippen molar-refractivity contribution in [2.24, 2.45) is 0 Å². The van der Waals surface area contributed by atoms with E-state index in [9.17, 15) is 4.39 Å². The molecule has 0 unspecified atom stereocenters. The summed E-state index contributed by atoms with van der Waals surface area (Å²) in [5, 5.41) is 0. The van der Waals surface area contributed by atoms with Crippen LogP contribution in [0.3, 0.4) is 0 Å². The summed E-state index contributed by atoms with van der Waals surface area (Å²) in [6.45, 7) is 0. The first-order valence-corrected chi connectivity index (χ1v) is 5.76. The molecule has 0 bridgehead atoms. The summed E-state index contributed by atoms with van der Waals surface area (Å²) in [6, 6.07) is 8.44. The van der Waals surface area contributed by atoms with Gasteiger partial charge in [0.2, 0.25) is 5.95 Å². The Morgan fingerprint density at radius 2 is 1.84 bits per heavy atom. The molecule has 0 aliphatic carbocycles. The van der Waals surface area contributed by atoms with Crippen LogP contribution in [-0.2, 0) is 6.42 Å². The first-order valence-electron chi connectivity index (χ1n) is 5.76. The van der Waals surface area contributed by atoms with Gasteiger partial charge in [-0.25, -0.2) is 4.98 Å². The van der Waals surface area contributed by atoms with Crippen molar-refractivity contribution in [1.82, 2.24) is 4.98 Å². The maximum absolute atomic E-state index is 12.9. The van der Waals surface area contributed by atoms with Gasteiger partial charge in [0.25, 0.3) is 0 Å². The summed E-state index contributed by atoms with van der Waals surface area (Å²) in [5.41, 5.74) is 7.39. The summed E-state index contributed by atoms with van der Waals surface area (Å²) in [4.78, 5) is 3.60. The SMILES string of the molecule is COc1ccc(Cc2ccc(F)nc2N)c(OC)c1. The topological polar surface area (TPSA) is 57.4 Å². The number of methoxy groups -OCH3 is 2. The van der Waals surface area contributed by atoms with E-state index in [0.717, 1.165) is 11.1 Å². The van der Waals surface area contributed by atoms with Gasteiger partial charge >= 0.3 is 0 Å². The van der Waals surface area contributed by atoms with Crippen LogP contribution in [0.15, 0.2) is 30.3 Å². The van der Waals surface area contributed by atoms with Gasteiger partial charge in [-0.15, -0.1) is 0 Å². The minimum atomic E-state index is -0.581. The lowest BCUT2D eigenvalue weighted by Gasteiger charge is -2.11. The van der Waals surface area contributed by atoms with E-state index in [1.165, 1.54) is 6.07 Å². The molecule has 19 heavy (non-hydrogen) atoms. The van der Waals surface area contributed by atoms with Gasteiger partial charge in [-0.3, -0.25) is 0 Å². The largest absolute Gasteiger partial charge is 0.497 e. The zero-order chi connectivity index (χ0) is 13.8. The molecule has 0 amide bonds. The molecule has 2 rings (SSSR count). The van der Waals surface area contributed by atoms with E-state index in [1.54, 1.807) is 26.4 Å². The predicted octanol–water partition coefficient (Wildman–Crippen LogP) is 2.41. The second-order valence-electron chi connectivity index (χ2n) is 4.03. The fraction of sp³-hybridized carbons (Fsp3) is 0.214. The van der Waals surface area contributed by atoms with E-state index < -0.39 is 5.95 Å². The number of pyridine rings is 1. The van der Waals surface area contributed by atoms with Gasteiger partial charge in [0.05, 0.1) is 14.2 Å². The second-order valence-corrected chi connectivity index (χ2v) is 4.03. The minimum absolute atomic E-state index is 0.192. The minimum Gasteiger partial charge on any atom is -0.497 e. The Balaban J connectivity index is 2.32. The molecule has 4 nitrogen and oxygen atoms in total. The highest BCUT2D eigenvalue weighted by molar-refractivity contribution is 5.47. The third-order valence-corrected chi connectivity index (χ3v) is 2.85. The number of ether oxygens (including phenoxy) is 2. The van der Waals surface area contributed by atoms with Crippen molar-refractivity contribution in [3.05, 3.63) is 47.4 Å². The highest BCUT2D eigenvalue weighted by atomic mass is 19.1. The Kier molecular flexibility index (Phi) is 3.85. The zero-order valence-corrected chi connectivity index (χ0v) is 10.8. The van der Waals surface area contributed by atoms with Crippen LogP contribution in [0.25, 0.3) is 0 Å². The average Bonchev–Trinajstić information content (AvgIpc) is 2.42. The molecule has 0 atom stereocenters. The number of nitrogens with zero attached hydrogens (tertiary/aromatic N) is 1. The van der Waals surface area contributed by atoms with Crippen molar-refractivity contribution in [3.8, 4) is 11.5 Å². The second kappa shape index (κ2) is 5.56. The van der Waals surface area contributed by atoms with Crippen molar-refractivity contribution in [3.63, 3.8) is 0 Å². The molecule has 0 radical (unpaired) electrons. The lowest BCUT2D eigenvalue weighted by atomic mass is 10.0. The number of anilines is 1. The Morgan fingerprint density at radius 1 is 1.11 bits per heavy atom. The van der Waals surface area contributed by atoms with E-state index in [2.05, 4.69) is 4.98 Å². The third kappa shape index (κ3) is 2.93. The smallest absolute Gasteiger partial charge is 0.214 e. The van der Waals surface area contributed by atoms with E-state index in [1.807, 2.05) is 12.1 Å². The van der Waals surface area contributed by atoms with Crippen molar-refractivity contribution in [1.29, 1.82) is 0 Å². The van der Waals surface area contributed by atoms with Crippen LogP contribution in [0.2, 0.25) is 0 Å². The summed E-state index contributed by atoms with van der Waals surface area (Å²) >= 11 is 0. The number of nitrogens with two attached hydrogens (primary N) is 1. The van der Waals surface area contributed by atoms with Gasteiger partial charge in [-0.2, -0.15) is 4.39 Å². The van der Waals surface area contributed by atoms with E-state index in [4.69, 9.17) is 15.2 Å². The van der Waals surface area contributed by atoms with Crippen molar-refractivity contribution in [2.45, 2.75) is 6.42 Å². The zero-order valence-electron chi connectivity index (χ0n) is 10.8. The lowest BCUT2D eigenvalue weighted by Crippen LogP contribution is -2.01. The lowest BCUT2D eigenvalue weighted by molar-refractivity contribution is 0.391. The number of hydrogen-bond donors (Lipinski definition) is 1. The van der Waals surface area contributed by atoms with Crippen molar-refractivity contribution < 1.29 is 13.9 Å². The van der Waals surface area contributed by atoms with Crippen LogP contribution in [0.4, 0.5) is 10.2 Å². The molecule has 5 heteroatoms. The van der Waals surface area contributed by atoms with E-state index in [0.29, 0.717) is 17.9 Å². The van der Waals surface area contributed by atoms with E-state index in [-0.39, 0.29) is 5.82 Å². The fourth-order valence-corrected chi connectivity index (χ4v) is 1.83. The van der Waals surface area contributed by atoms with Gasteiger partial charge in [0, 0.05) is 12.5 Å². The Labute approximate surface area is 111 Å². The number of halogens is 1. The highest BCUT2D eigenvalue weighted by Crippen LogP contribution is 2.27. The van der Waals surface area contributed by atoms with Gasteiger partial charge in [0.15, 0.2) is 0 Å². The average molecular weight is 262 g/mol. The molecule has 2 N–H and O–H groups in total. The Hall–Kier alpha value is -2.30. The summed E-state index contributed by atoms with van der Waals surface area (Å²) in [6.07, 6.45) is 0.520. The van der Waals surface area contributed by atoms with Gasteiger partial charge in [-0.05, 0) is 23.3 Å². The molecule has 0 spiro atoms. The maximum Gasteiger partial charge on any atom is 0.214 e. The Bertz CT molecular complexity index is 588. The number of hydrogen-bond acceptors (Lipinski definition) is 4. The van der Waals surface area contributed by atoms with Crippen LogP contribution in [0.1, 0.15) is 11.1 Å². The summed E-state index contributed by atoms with van der Waals surface area (Å²) in [7, 11) is 3.18. The molecule has 1 aromatic heterocycles. The molecule has 0 aliphatic heterocycles. The van der Waals surface area contributed by atoms with Crippen LogP contribution >= 0.6 is 0 Å². The van der Waals surface area contributed by atoms with Gasteiger partial charge < -0.3 is 15.2 Å². The van der Waals surface area contributed by atoms with Crippen LogP contribution in [0.5, 0.6) is 11.5 Å². The molecule has 0 aliphatic rings. The number of rotatable bonds is 4. The van der Waals surface area contributed by atoms with Gasteiger partial charge in [-0.1, -0.05) is 12.1 Å². The molecule has 1 aromatic carbocycles. The summed E-state index contributed by atoms with van der Waals surface area (Å²) in [5.74, 6) is 1.02. The normalized spacial score (nSPS) is 10.3. The van der Waals surface area contributed by atoms with Crippen LogP contribution in [0, 0.1) is 5.95 Å². The first kappa shape index (κ1) is 13.1. The molecule has 1 heterocycles. The standard InChI is InChI=1S/C14H15FN2O2/c1-18-11-5-3-9(12(8-11)19-2)7-10-4-6-13(15)17-14(10)16/h3-6,8H,7H2,1-2H3,(H2,16,17). The molecule has 0 fully saturated rings. The number of benzene rings is 1. The van der Waals surface area contributed by atoms with Gasteiger partial charge in [0.1, 0.15) is 17.3 Å². The fourth-order valence-electron chi connectivity index (χ4n) is 1.83. The molecule has 0 saturated carbocycles. The quantitative estimate of drug-likeness (QED) is 0.860. The first-order chi connectivity index (χ1) is 9.13. The molecule has 2 aromatic rings. The summed E-state index contributed by atoms with van der Waals surface area (Å²) < 4.78 is 23.3. The predicted molar refractivity (Wildman–Crippen MR) is 71.0 cm³/mol. The van der Waals surface area contributed by atoms with Crippen molar-refractivity contribution >= 4 is 5.82 Å². The molecule has 100 valence electrons. The van der Waals surface area contributed by atoms with Crippen molar-refractivity contribution in [2.75, 3.05) is 20.0 Å². The van der Waals surface area contributed by atoms with Crippen LogP contribution in [-0.4, -0.2) is 19.2 Å². The highest BCUT2D eigenvalue weighted by Gasteiger charge is 2.09. The third-order valence-electron chi connectivity index (χ3n) is 2.85. The molecular formula is C14H15FN2O2. The number of aromatic nitrogens is 1. The number of nitrogen functional groups attached to an aromatic ring is 1. The molecule has 0 saturated heterocycles. The van der Waals surface area contributed by atoms with E-state index >= 15 is 0 Å². The monoisotopic (exact) mass is 262 g/mol. The molecular weight excluding hydrogens is 247 g/mol.